The van der Waals surface area contributed by atoms with Crippen molar-refractivity contribution < 1.29 is 19.1 Å². The molecule has 5 nitrogen and oxygen atoms in total. The van der Waals surface area contributed by atoms with Gasteiger partial charge in [0.2, 0.25) is 5.91 Å². The molecule has 138 valence electrons. The number of carbonyl (C=O) groups excluding carboxylic acids is 2. The Bertz CT molecular complexity index is 700. The minimum absolute atomic E-state index is 0.0787. The lowest BCUT2D eigenvalue weighted by atomic mass is 10.1. The summed E-state index contributed by atoms with van der Waals surface area (Å²) < 4.78 is 10.6. The van der Waals surface area contributed by atoms with Crippen LogP contribution in [0.1, 0.15) is 31.7 Å². The molecular weight excluding hydrogens is 330 g/mol. The van der Waals surface area contributed by atoms with E-state index < -0.39 is 0 Å². The zero-order valence-corrected chi connectivity index (χ0v) is 15.1. The summed E-state index contributed by atoms with van der Waals surface area (Å²) in [4.78, 5) is 23.2. The van der Waals surface area contributed by atoms with Crippen molar-refractivity contribution in [1.82, 2.24) is 0 Å². The van der Waals surface area contributed by atoms with Gasteiger partial charge in [-0.25, -0.2) is 0 Å². The first-order valence-electron chi connectivity index (χ1n) is 8.89. The van der Waals surface area contributed by atoms with Gasteiger partial charge in [0.1, 0.15) is 5.75 Å². The van der Waals surface area contributed by atoms with E-state index in [1.807, 2.05) is 30.3 Å². The maximum absolute atomic E-state index is 11.9. The molecule has 1 amide bonds. The first kappa shape index (κ1) is 19.5. The van der Waals surface area contributed by atoms with E-state index in [4.69, 9.17) is 9.47 Å². The maximum Gasteiger partial charge on any atom is 0.306 e. The molecule has 0 aliphatic heterocycles. The van der Waals surface area contributed by atoms with Gasteiger partial charge in [0, 0.05) is 18.2 Å². The highest BCUT2D eigenvalue weighted by Gasteiger charge is 2.08. The summed E-state index contributed by atoms with van der Waals surface area (Å²) in [6.45, 7) is 2.67. The summed E-state index contributed by atoms with van der Waals surface area (Å²) in [5.41, 5.74) is 1.94. The third-order valence-corrected chi connectivity index (χ3v) is 3.70. The lowest BCUT2D eigenvalue weighted by Crippen LogP contribution is -2.14. The lowest BCUT2D eigenvalue weighted by Gasteiger charge is -2.09. The largest absolute Gasteiger partial charge is 0.494 e. The quantitative estimate of drug-likeness (QED) is 0.517. The second-order valence-corrected chi connectivity index (χ2v) is 5.82. The van der Waals surface area contributed by atoms with Crippen LogP contribution in [0.15, 0.2) is 54.6 Å². The number of rotatable bonds is 10. The van der Waals surface area contributed by atoms with E-state index in [0.717, 1.165) is 12.8 Å². The normalized spacial score (nSPS) is 10.2. The van der Waals surface area contributed by atoms with Crippen molar-refractivity contribution >= 4 is 17.6 Å². The number of aryl methyl sites for hydroxylation is 1. The summed E-state index contributed by atoms with van der Waals surface area (Å²) in [6.07, 6.45) is 2.06. The number of anilines is 1. The molecule has 26 heavy (non-hydrogen) atoms. The van der Waals surface area contributed by atoms with Gasteiger partial charge >= 0.3 is 5.97 Å². The maximum atomic E-state index is 11.9. The summed E-state index contributed by atoms with van der Waals surface area (Å²) in [6, 6.07) is 17.5. The molecule has 2 aromatic carbocycles. The molecule has 0 atom stereocenters. The van der Waals surface area contributed by atoms with Gasteiger partial charge < -0.3 is 14.8 Å². The van der Waals surface area contributed by atoms with Crippen LogP contribution in [0.3, 0.4) is 0 Å². The number of nitrogens with one attached hydrogen (secondary N) is 1. The van der Waals surface area contributed by atoms with Gasteiger partial charge in [0.15, 0.2) is 0 Å². The first-order valence-corrected chi connectivity index (χ1v) is 8.89. The van der Waals surface area contributed by atoms with E-state index in [1.165, 1.54) is 5.56 Å². The van der Waals surface area contributed by atoms with E-state index in [9.17, 15) is 9.59 Å². The molecule has 0 aliphatic rings. The molecule has 2 rings (SSSR count). The Balaban J connectivity index is 1.73. The number of carbonyl (C=O) groups is 2. The summed E-state index contributed by atoms with van der Waals surface area (Å²) in [5.74, 6) is 0.124. The Kier molecular flexibility index (Phi) is 8.19. The minimum atomic E-state index is -0.363. The molecule has 0 unspecified atom stereocenters. The van der Waals surface area contributed by atoms with Gasteiger partial charge in [-0.15, -0.1) is 0 Å². The molecule has 0 fully saturated rings. The van der Waals surface area contributed by atoms with E-state index in [1.54, 1.807) is 19.1 Å². The second-order valence-electron chi connectivity index (χ2n) is 5.82. The monoisotopic (exact) mass is 355 g/mol. The van der Waals surface area contributed by atoms with Gasteiger partial charge in [-0.2, -0.15) is 0 Å². The molecule has 0 bridgehead atoms. The van der Waals surface area contributed by atoms with Gasteiger partial charge in [-0.1, -0.05) is 36.4 Å². The number of benzene rings is 2. The van der Waals surface area contributed by atoms with Crippen molar-refractivity contribution in [2.45, 2.75) is 32.6 Å². The van der Waals surface area contributed by atoms with Crippen molar-refractivity contribution in [3.63, 3.8) is 0 Å². The third-order valence-electron chi connectivity index (χ3n) is 3.70. The zero-order valence-electron chi connectivity index (χ0n) is 15.1. The minimum Gasteiger partial charge on any atom is -0.494 e. The fourth-order valence-corrected chi connectivity index (χ4v) is 2.45. The Labute approximate surface area is 154 Å². The molecule has 0 spiro atoms. The molecule has 1 N–H and O–H groups in total. The van der Waals surface area contributed by atoms with Crippen LogP contribution in [-0.4, -0.2) is 25.1 Å². The zero-order chi connectivity index (χ0) is 18.6. The molecule has 0 radical (unpaired) electrons. The van der Waals surface area contributed by atoms with Crippen LogP contribution < -0.4 is 10.1 Å². The van der Waals surface area contributed by atoms with E-state index in [-0.39, 0.29) is 24.7 Å². The standard InChI is InChI=1S/C21H25NO4/c1-2-25-21(24)14-13-20(23)22-18-11-6-12-19(16-18)26-15-7-10-17-8-4-3-5-9-17/h3-6,8-9,11-12,16H,2,7,10,13-15H2,1H3,(H,22,23). The van der Waals surface area contributed by atoms with Crippen molar-refractivity contribution in [1.29, 1.82) is 0 Å². The van der Waals surface area contributed by atoms with E-state index in [0.29, 0.717) is 24.7 Å². The number of hydrogen-bond donors (Lipinski definition) is 1. The van der Waals surface area contributed by atoms with Gasteiger partial charge in [-0.05, 0) is 37.5 Å². The highest BCUT2D eigenvalue weighted by molar-refractivity contribution is 5.92. The predicted molar refractivity (Wildman–Crippen MR) is 101 cm³/mol. The van der Waals surface area contributed by atoms with Crippen LogP contribution in [-0.2, 0) is 20.7 Å². The number of esters is 1. The molecule has 0 aliphatic carbocycles. The molecule has 0 aromatic heterocycles. The summed E-state index contributed by atoms with van der Waals surface area (Å²) in [5, 5.41) is 2.77. The van der Waals surface area contributed by atoms with Crippen LogP contribution in [0.4, 0.5) is 5.69 Å². The lowest BCUT2D eigenvalue weighted by molar-refractivity contribution is -0.144. The molecule has 5 heteroatoms. The van der Waals surface area contributed by atoms with Gasteiger partial charge in [-0.3, -0.25) is 9.59 Å². The third kappa shape index (κ3) is 7.38. The summed E-state index contributed by atoms with van der Waals surface area (Å²) in [7, 11) is 0. The van der Waals surface area contributed by atoms with E-state index in [2.05, 4.69) is 17.4 Å². The molecule has 0 heterocycles. The Morgan fingerprint density at radius 1 is 1.00 bits per heavy atom. The fourth-order valence-electron chi connectivity index (χ4n) is 2.45. The Morgan fingerprint density at radius 2 is 1.81 bits per heavy atom. The van der Waals surface area contributed by atoms with Gasteiger partial charge in [0.25, 0.3) is 0 Å². The highest BCUT2D eigenvalue weighted by atomic mass is 16.5. The van der Waals surface area contributed by atoms with Crippen LogP contribution in [0.5, 0.6) is 5.75 Å². The molecule has 0 saturated carbocycles. The molecular formula is C21H25NO4. The second kappa shape index (κ2) is 10.9. The number of amides is 1. The van der Waals surface area contributed by atoms with Crippen LogP contribution in [0.25, 0.3) is 0 Å². The average Bonchev–Trinajstić information content (AvgIpc) is 2.65. The molecule has 0 saturated heterocycles. The molecule has 2 aromatic rings. The Hall–Kier alpha value is -2.82. The predicted octanol–water partition coefficient (Wildman–Crippen LogP) is 3.98. The van der Waals surface area contributed by atoms with Crippen molar-refractivity contribution in [3.05, 3.63) is 60.2 Å². The van der Waals surface area contributed by atoms with Crippen LogP contribution in [0, 0.1) is 0 Å². The topological polar surface area (TPSA) is 64.6 Å². The summed E-state index contributed by atoms with van der Waals surface area (Å²) >= 11 is 0. The van der Waals surface area contributed by atoms with E-state index >= 15 is 0 Å². The van der Waals surface area contributed by atoms with Crippen molar-refractivity contribution in [2.75, 3.05) is 18.5 Å². The van der Waals surface area contributed by atoms with Crippen molar-refractivity contribution in [2.24, 2.45) is 0 Å². The van der Waals surface area contributed by atoms with Gasteiger partial charge in [0.05, 0.1) is 19.6 Å². The number of hydrogen-bond acceptors (Lipinski definition) is 4. The van der Waals surface area contributed by atoms with Crippen LogP contribution >= 0.6 is 0 Å². The van der Waals surface area contributed by atoms with Crippen LogP contribution in [0.2, 0.25) is 0 Å². The fraction of sp³-hybridized carbons (Fsp3) is 0.333. The Morgan fingerprint density at radius 3 is 2.58 bits per heavy atom. The first-order chi connectivity index (χ1) is 12.7. The number of ether oxygens (including phenoxy) is 2. The SMILES string of the molecule is CCOC(=O)CCC(=O)Nc1cccc(OCCCc2ccccc2)c1. The van der Waals surface area contributed by atoms with Crippen molar-refractivity contribution in [3.8, 4) is 5.75 Å². The highest BCUT2D eigenvalue weighted by Crippen LogP contribution is 2.18. The smallest absolute Gasteiger partial charge is 0.306 e. The average molecular weight is 355 g/mol.